The summed E-state index contributed by atoms with van der Waals surface area (Å²) in [5, 5.41) is 10.5. The van der Waals surface area contributed by atoms with Gasteiger partial charge in [0.05, 0.1) is 17.9 Å². The maximum absolute atomic E-state index is 12.6. The number of anilines is 1. The fraction of sp³-hybridized carbons (Fsp3) is 0.333. The molecule has 2 heterocycles. The van der Waals surface area contributed by atoms with Gasteiger partial charge in [-0.25, -0.2) is 9.97 Å². The Morgan fingerprint density at radius 3 is 2.54 bits per heavy atom. The molecular formula is C21H26N6O. The molecule has 0 fully saturated rings. The number of carbonyl (C=O) groups excluding carboxylic acids is 1. The van der Waals surface area contributed by atoms with Crippen LogP contribution in [-0.2, 0) is 7.05 Å². The first-order valence-corrected chi connectivity index (χ1v) is 9.44. The second-order valence-electron chi connectivity index (χ2n) is 7.05. The zero-order chi connectivity index (χ0) is 20.1. The first kappa shape index (κ1) is 19.5. The van der Waals surface area contributed by atoms with E-state index in [4.69, 9.17) is 0 Å². The largest absolute Gasteiger partial charge is 0.368 e. The van der Waals surface area contributed by atoms with Gasteiger partial charge < -0.3 is 10.6 Å². The lowest BCUT2D eigenvalue weighted by Crippen LogP contribution is -2.27. The molecule has 28 heavy (non-hydrogen) atoms. The Hall–Kier alpha value is -3.22. The molecule has 7 heteroatoms. The molecule has 1 atom stereocenters. The molecule has 0 spiro atoms. The minimum Gasteiger partial charge on any atom is -0.368 e. The van der Waals surface area contributed by atoms with Crippen molar-refractivity contribution in [2.75, 3.05) is 5.32 Å². The third-order valence-corrected chi connectivity index (χ3v) is 4.39. The van der Waals surface area contributed by atoms with Crippen molar-refractivity contribution in [2.24, 2.45) is 7.05 Å². The van der Waals surface area contributed by atoms with Crippen LogP contribution in [-0.4, -0.2) is 31.7 Å². The first-order chi connectivity index (χ1) is 13.5. The molecule has 1 aromatic carbocycles. The lowest BCUT2D eigenvalue weighted by atomic mass is 10.1. The van der Waals surface area contributed by atoms with E-state index in [0.29, 0.717) is 11.6 Å². The van der Waals surface area contributed by atoms with Crippen molar-refractivity contribution in [3.8, 4) is 11.3 Å². The van der Waals surface area contributed by atoms with Crippen LogP contribution >= 0.6 is 0 Å². The molecule has 3 aromatic rings. The van der Waals surface area contributed by atoms with Crippen LogP contribution in [0.5, 0.6) is 0 Å². The van der Waals surface area contributed by atoms with E-state index in [1.54, 1.807) is 17.2 Å². The van der Waals surface area contributed by atoms with Gasteiger partial charge in [0.2, 0.25) is 0 Å². The Morgan fingerprint density at radius 2 is 1.93 bits per heavy atom. The molecule has 0 unspecified atom stereocenters. The molecule has 2 aromatic heterocycles. The monoisotopic (exact) mass is 378 g/mol. The van der Waals surface area contributed by atoms with E-state index >= 15 is 0 Å². The maximum atomic E-state index is 12.6. The second kappa shape index (κ2) is 8.65. The van der Waals surface area contributed by atoms with E-state index in [2.05, 4.69) is 39.5 Å². The zero-order valence-corrected chi connectivity index (χ0v) is 16.7. The van der Waals surface area contributed by atoms with Crippen LogP contribution in [0.3, 0.4) is 0 Å². The van der Waals surface area contributed by atoms with Crippen LogP contribution in [0.1, 0.15) is 49.2 Å². The number of benzene rings is 1. The molecule has 0 bridgehead atoms. The maximum Gasteiger partial charge on any atom is 0.251 e. The third-order valence-electron chi connectivity index (χ3n) is 4.39. The lowest BCUT2D eigenvalue weighted by Gasteiger charge is -2.15. The van der Waals surface area contributed by atoms with Crippen molar-refractivity contribution in [1.29, 1.82) is 0 Å². The molecule has 0 aliphatic carbocycles. The number of hydrogen-bond acceptors (Lipinski definition) is 5. The molecule has 7 nitrogen and oxygen atoms in total. The Balaban J connectivity index is 1.72. The molecule has 0 saturated carbocycles. The van der Waals surface area contributed by atoms with Gasteiger partial charge in [-0.05, 0) is 32.4 Å². The summed E-state index contributed by atoms with van der Waals surface area (Å²) in [4.78, 5) is 21.2. The highest BCUT2D eigenvalue weighted by Gasteiger charge is 2.15. The van der Waals surface area contributed by atoms with Crippen molar-refractivity contribution in [3.05, 3.63) is 60.2 Å². The molecule has 1 amide bonds. The summed E-state index contributed by atoms with van der Waals surface area (Å²) in [6.45, 7) is 6.16. The van der Waals surface area contributed by atoms with Gasteiger partial charge in [-0.1, -0.05) is 19.1 Å². The Kier molecular flexibility index (Phi) is 6.03. The third kappa shape index (κ3) is 4.73. The number of nitrogens with one attached hydrogen (secondary N) is 2. The van der Waals surface area contributed by atoms with E-state index in [1.165, 1.54) is 0 Å². The van der Waals surface area contributed by atoms with E-state index in [9.17, 15) is 4.79 Å². The van der Waals surface area contributed by atoms with Crippen LogP contribution in [0.25, 0.3) is 11.3 Å². The second-order valence-corrected chi connectivity index (χ2v) is 7.05. The van der Waals surface area contributed by atoms with Crippen molar-refractivity contribution < 1.29 is 4.79 Å². The predicted octanol–water partition coefficient (Wildman–Crippen LogP) is 3.58. The Bertz CT molecular complexity index is 932. The quantitative estimate of drug-likeness (QED) is 0.656. The van der Waals surface area contributed by atoms with Crippen molar-refractivity contribution in [2.45, 2.75) is 39.3 Å². The summed E-state index contributed by atoms with van der Waals surface area (Å²) in [6.07, 6.45) is 6.05. The average molecular weight is 378 g/mol. The molecule has 0 radical (unpaired) electrons. The number of carbonyl (C=O) groups is 1. The van der Waals surface area contributed by atoms with E-state index in [-0.39, 0.29) is 11.9 Å². The standard InChI is InChI=1S/C21H26N6O/c1-5-18(17-11-24-27(4)12-17)26-21(28)16-8-6-15(7-9-16)19-10-20(23-13-22-19)25-14(2)3/h6-14,18H,5H2,1-4H3,(H,26,28)(H,22,23,25)/t18-/m1/s1. The van der Waals surface area contributed by atoms with Gasteiger partial charge in [0.15, 0.2) is 0 Å². The fourth-order valence-electron chi connectivity index (χ4n) is 2.96. The van der Waals surface area contributed by atoms with Gasteiger partial charge >= 0.3 is 0 Å². The van der Waals surface area contributed by atoms with Crippen molar-refractivity contribution in [3.63, 3.8) is 0 Å². The summed E-state index contributed by atoms with van der Waals surface area (Å²) >= 11 is 0. The first-order valence-electron chi connectivity index (χ1n) is 9.44. The Morgan fingerprint density at radius 1 is 1.18 bits per heavy atom. The minimum absolute atomic E-state index is 0.0626. The average Bonchev–Trinajstić information content (AvgIpc) is 3.12. The summed E-state index contributed by atoms with van der Waals surface area (Å²) in [7, 11) is 1.87. The van der Waals surface area contributed by atoms with Gasteiger partial charge in [0, 0.05) is 42.0 Å². The fourth-order valence-corrected chi connectivity index (χ4v) is 2.96. The molecule has 2 N–H and O–H groups in total. The van der Waals surface area contributed by atoms with E-state index in [1.807, 2.05) is 50.5 Å². The molecular weight excluding hydrogens is 352 g/mol. The highest BCUT2D eigenvalue weighted by atomic mass is 16.1. The van der Waals surface area contributed by atoms with Crippen molar-refractivity contribution in [1.82, 2.24) is 25.1 Å². The van der Waals surface area contributed by atoms with Gasteiger partial charge in [0.1, 0.15) is 12.1 Å². The van der Waals surface area contributed by atoms with Crippen LogP contribution in [0.2, 0.25) is 0 Å². The van der Waals surface area contributed by atoms with Crippen LogP contribution in [0.4, 0.5) is 5.82 Å². The topological polar surface area (TPSA) is 84.7 Å². The number of aromatic nitrogens is 4. The summed E-state index contributed by atoms with van der Waals surface area (Å²) < 4.78 is 1.74. The van der Waals surface area contributed by atoms with Gasteiger partial charge in [0.25, 0.3) is 5.91 Å². The SMILES string of the molecule is CC[C@@H](NC(=O)c1ccc(-c2cc(NC(C)C)ncn2)cc1)c1cnn(C)c1. The van der Waals surface area contributed by atoms with Crippen LogP contribution in [0.15, 0.2) is 49.1 Å². The van der Waals surface area contributed by atoms with Gasteiger partial charge in [-0.3, -0.25) is 9.48 Å². The van der Waals surface area contributed by atoms with Gasteiger partial charge in [-0.15, -0.1) is 0 Å². The molecule has 0 saturated heterocycles. The molecule has 0 aliphatic rings. The highest BCUT2D eigenvalue weighted by Crippen LogP contribution is 2.21. The smallest absolute Gasteiger partial charge is 0.251 e. The molecule has 146 valence electrons. The van der Waals surface area contributed by atoms with Crippen molar-refractivity contribution >= 4 is 11.7 Å². The minimum atomic E-state index is -0.105. The summed E-state index contributed by atoms with van der Waals surface area (Å²) in [5.41, 5.74) is 3.36. The summed E-state index contributed by atoms with van der Waals surface area (Å²) in [6, 6.07) is 9.58. The number of nitrogens with zero attached hydrogens (tertiary/aromatic N) is 4. The predicted molar refractivity (Wildman–Crippen MR) is 110 cm³/mol. The van der Waals surface area contributed by atoms with E-state index in [0.717, 1.165) is 29.1 Å². The molecule has 3 rings (SSSR count). The zero-order valence-electron chi connectivity index (χ0n) is 16.7. The molecule has 0 aliphatic heterocycles. The number of amides is 1. The van der Waals surface area contributed by atoms with Crippen LogP contribution in [0, 0.1) is 0 Å². The lowest BCUT2D eigenvalue weighted by molar-refractivity contribution is 0.0935. The normalized spacial score (nSPS) is 12.0. The number of rotatable bonds is 7. The van der Waals surface area contributed by atoms with Crippen LogP contribution < -0.4 is 10.6 Å². The van der Waals surface area contributed by atoms with E-state index < -0.39 is 0 Å². The van der Waals surface area contributed by atoms with Gasteiger partial charge in [-0.2, -0.15) is 5.10 Å². The highest BCUT2D eigenvalue weighted by molar-refractivity contribution is 5.94. The number of hydrogen-bond donors (Lipinski definition) is 2. The number of aryl methyl sites for hydroxylation is 1. The Labute approximate surface area is 165 Å². The summed E-state index contributed by atoms with van der Waals surface area (Å²) in [5.74, 6) is 0.677.